The Morgan fingerprint density at radius 1 is 0.949 bits per heavy atom. The molecule has 0 aliphatic rings. The molecule has 0 fully saturated rings. The third-order valence-electron chi connectivity index (χ3n) is 5.82. The number of fused-ring (bicyclic) bond motifs is 1. The van der Waals surface area contributed by atoms with Crippen LogP contribution >= 0.6 is 23.1 Å². The van der Waals surface area contributed by atoms with Gasteiger partial charge in [-0.05, 0) is 42.5 Å². The number of nitrogens with one attached hydrogen (secondary N) is 1. The highest BCUT2D eigenvalue weighted by Crippen LogP contribution is 2.33. The van der Waals surface area contributed by atoms with E-state index >= 15 is 0 Å². The lowest BCUT2D eigenvalue weighted by molar-refractivity contribution is -0.113. The molecule has 1 amide bonds. The predicted octanol–water partition coefficient (Wildman–Crippen LogP) is 5.27. The molecule has 0 atom stereocenters. The highest BCUT2D eigenvalue weighted by atomic mass is 32.2. The molecule has 2 heterocycles. The molecule has 198 valence electrons. The summed E-state index contributed by atoms with van der Waals surface area (Å²) in [6.45, 7) is 0. The summed E-state index contributed by atoms with van der Waals surface area (Å²) < 4.78 is 17.5. The monoisotopic (exact) mass is 560 g/mol. The topological polar surface area (TPSA) is 105 Å². The number of carbonyl (C=O) groups excluding carboxylic acids is 1. The largest absolute Gasteiger partial charge is 0.497 e. The number of thiazole rings is 1. The molecular weight excluding hydrogens is 536 g/mol. The van der Waals surface area contributed by atoms with E-state index in [0.29, 0.717) is 49.8 Å². The van der Waals surface area contributed by atoms with Crippen LogP contribution in [0.2, 0.25) is 0 Å². The number of hydrogen-bond acceptors (Lipinski definition) is 9. The van der Waals surface area contributed by atoms with Gasteiger partial charge in [-0.1, -0.05) is 30.0 Å². The summed E-state index contributed by atoms with van der Waals surface area (Å²) in [5, 5.41) is 6.04. The lowest BCUT2D eigenvalue weighted by atomic mass is 10.1. The normalized spacial score (nSPS) is 10.8. The summed E-state index contributed by atoms with van der Waals surface area (Å²) in [4.78, 5) is 35.6. The standard InChI is InChI=1S/C28H24N4O5S2/c1-35-19-8-6-7-18(14-19)32-26(34)20-9-4-5-10-21(20)30-28(32)39-16-25(33)31-27-29-22(15-38-27)17-11-12-23(36-2)24(13-17)37-3/h4-15H,16H2,1-3H3,(H,29,31,33). The molecule has 0 unspecified atom stereocenters. The van der Waals surface area contributed by atoms with Gasteiger partial charge in [0.25, 0.3) is 5.56 Å². The summed E-state index contributed by atoms with van der Waals surface area (Å²) in [6.07, 6.45) is 0. The molecule has 0 saturated carbocycles. The Morgan fingerprint density at radius 3 is 2.56 bits per heavy atom. The molecule has 0 spiro atoms. The van der Waals surface area contributed by atoms with E-state index in [2.05, 4.69) is 10.3 Å². The first kappa shape index (κ1) is 26.3. The number of amides is 1. The van der Waals surface area contributed by atoms with Crippen molar-refractivity contribution in [1.82, 2.24) is 14.5 Å². The van der Waals surface area contributed by atoms with E-state index in [9.17, 15) is 9.59 Å². The molecule has 3 aromatic carbocycles. The maximum absolute atomic E-state index is 13.5. The van der Waals surface area contributed by atoms with Gasteiger partial charge in [0.05, 0.1) is 49.4 Å². The molecule has 11 heteroatoms. The summed E-state index contributed by atoms with van der Waals surface area (Å²) in [6, 6.07) is 19.8. The van der Waals surface area contributed by atoms with Crippen molar-refractivity contribution in [1.29, 1.82) is 0 Å². The van der Waals surface area contributed by atoms with Crippen LogP contribution in [0.4, 0.5) is 5.13 Å². The van der Waals surface area contributed by atoms with Gasteiger partial charge in [0, 0.05) is 17.0 Å². The Kier molecular flexibility index (Phi) is 7.80. The zero-order chi connectivity index (χ0) is 27.4. The number of para-hydroxylation sites is 1. The second kappa shape index (κ2) is 11.6. The third-order valence-corrected chi connectivity index (χ3v) is 7.51. The summed E-state index contributed by atoms with van der Waals surface area (Å²) >= 11 is 2.49. The molecule has 2 aromatic heterocycles. The number of thioether (sulfide) groups is 1. The van der Waals surface area contributed by atoms with Crippen molar-refractivity contribution in [2.45, 2.75) is 5.16 Å². The van der Waals surface area contributed by atoms with Crippen molar-refractivity contribution in [3.63, 3.8) is 0 Å². The smallest absolute Gasteiger partial charge is 0.266 e. The van der Waals surface area contributed by atoms with Crippen molar-refractivity contribution in [3.05, 3.63) is 82.5 Å². The summed E-state index contributed by atoms with van der Waals surface area (Å²) in [5.74, 6) is 1.58. The SMILES string of the molecule is COc1cccc(-n2c(SCC(=O)Nc3nc(-c4ccc(OC)c(OC)c4)cs3)nc3ccccc3c2=O)c1. The van der Waals surface area contributed by atoms with Crippen molar-refractivity contribution in [3.8, 4) is 34.2 Å². The molecule has 1 N–H and O–H groups in total. The number of methoxy groups -OCH3 is 3. The Morgan fingerprint density at radius 2 is 1.77 bits per heavy atom. The number of carbonyl (C=O) groups is 1. The van der Waals surface area contributed by atoms with E-state index in [-0.39, 0.29) is 17.2 Å². The number of rotatable bonds is 9. The highest BCUT2D eigenvalue weighted by Gasteiger charge is 2.16. The van der Waals surface area contributed by atoms with Crippen LogP contribution in [0.5, 0.6) is 17.2 Å². The summed E-state index contributed by atoms with van der Waals surface area (Å²) in [5.41, 5.74) is 2.47. The van der Waals surface area contributed by atoms with Crippen molar-refractivity contribution >= 4 is 45.0 Å². The van der Waals surface area contributed by atoms with Gasteiger partial charge in [0.1, 0.15) is 5.75 Å². The second-order valence-electron chi connectivity index (χ2n) is 8.20. The van der Waals surface area contributed by atoms with Crippen LogP contribution in [0.1, 0.15) is 0 Å². The Balaban J connectivity index is 1.37. The third kappa shape index (κ3) is 5.59. The van der Waals surface area contributed by atoms with Crippen molar-refractivity contribution < 1.29 is 19.0 Å². The minimum absolute atomic E-state index is 0.0278. The quantitative estimate of drug-likeness (QED) is 0.192. The van der Waals surface area contributed by atoms with Crippen LogP contribution in [0, 0.1) is 0 Å². The maximum Gasteiger partial charge on any atom is 0.266 e. The van der Waals surface area contributed by atoms with E-state index in [4.69, 9.17) is 19.2 Å². The molecule has 5 rings (SSSR count). The first-order chi connectivity index (χ1) is 19.0. The number of ether oxygens (including phenoxy) is 3. The van der Waals surface area contributed by atoms with Gasteiger partial charge >= 0.3 is 0 Å². The minimum Gasteiger partial charge on any atom is -0.497 e. The number of anilines is 1. The van der Waals surface area contributed by atoms with Gasteiger partial charge in [0.15, 0.2) is 21.8 Å². The maximum atomic E-state index is 13.5. The van der Waals surface area contributed by atoms with Crippen LogP contribution in [-0.2, 0) is 4.79 Å². The van der Waals surface area contributed by atoms with Gasteiger partial charge in [0.2, 0.25) is 5.91 Å². The zero-order valence-electron chi connectivity index (χ0n) is 21.3. The fraction of sp³-hybridized carbons (Fsp3) is 0.143. The van der Waals surface area contributed by atoms with Crippen LogP contribution in [0.25, 0.3) is 27.8 Å². The molecule has 0 saturated heterocycles. The van der Waals surface area contributed by atoms with Gasteiger partial charge in [-0.3, -0.25) is 14.2 Å². The second-order valence-corrected chi connectivity index (χ2v) is 10.00. The average molecular weight is 561 g/mol. The van der Waals surface area contributed by atoms with E-state index in [1.165, 1.54) is 27.7 Å². The lowest BCUT2D eigenvalue weighted by Gasteiger charge is -2.14. The summed E-state index contributed by atoms with van der Waals surface area (Å²) in [7, 11) is 4.72. The van der Waals surface area contributed by atoms with E-state index < -0.39 is 0 Å². The Hall–Kier alpha value is -4.35. The Labute approximate surface area is 232 Å². The van der Waals surface area contributed by atoms with Crippen LogP contribution in [0.3, 0.4) is 0 Å². The zero-order valence-corrected chi connectivity index (χ0v) is 23.0. The minimum atomic E-state index is -0.271. The number of nitrogens with zero attached hydrogens (tertiary/aromatic N) is 3. The van der Waals surface area contributed by atoms with Gasteiger partial charge in [-0.25, -0.2) is 9.97 Å². The molecule has 39 heavy (non-hydrogen) atoms. The number of hydrogen-bond donors (Lipinski definition) is 1. The number of aromatic nitrogens is 3. The Bertz CT molecular complexity index is 1720. The predicted molar refractivity (Wildman–Crippen MR) is 154 cm³/mol. The average Bonchev–Trinajstić information content (AvgIpc) is 3.44. The van der Waals surface area contributed by atoms with E-state index in [1.807, 2.05) is 23.6 Å². The van der Waals surface area contributed by atoms with Gasteiger partial charge in [-0.2, -0.15) is 0 Å². The molecule has 0 aliphatic carbocycles. The molecule has 0 aliphatic heterocycles. The van der Waals surface area contributed by atoms with Gasteiger partial charge in [-0.15, -0.1) is 11.3 Å². The fourth-order valence-electron chi connectivity index (χ4n) is 3.93. The van der Waals surface area contributed by atoms with E-state index in [0.717, 1.165) is 5.56 Å². The molecule has 9 nitrogen and oxygen atoms in total. The van der Waals surface area contributed by atoms with Crippen LogP contribution in [-0.4, -0.2) is 47.5 Å². The van der Waals surface area contributed by atoms with Crippen LogP contribution < -0.4 is 25.1 Å². The molecule has 0 radical (unpaired) electrons. The van der Waals surface area contributed by atoms with Crippen molar-refractivity contribution in [2.24, 2.45) is 0 Å². The van der Waals surface area contributed by atoms with Crippen LogP contribution in [0.15, 0.2) is 82.1 Å². The molecule has 0 bridgehead atoms. The first-order valence-electron chi connectivity index (χ1n) is 11.8. The molecular formula is C28H24N4O5S2. The lowest BCUT2D eigenvalue weighted by Crippen LogP contribution is -2.23. The highest BCUT2D eigenvalue weighted by molar-refractivity contribution is 7.99. The van der Waals surface area contributed by atoms with Gasteiger partial charge < -0.3 is 19.5 Å². The first-order valence-corrected chi connectivity index (χ1v) is 13.6. The molecule has 5 aromatic rings. The van der Waals surface area contributed by atoms with E-state index in [1.54, 1.807) is 69.9 Å². The fourth-order valence-corrected chi connectivity index (χ4v) is 5.48. The van der Waals surface area contributed by atoms with Crippen molar-refractivity contribution in [2.75, 3.05) is 32.4 Å². The number of benzene rings is 3.